The molecule has 0 atom stereocenters. The topological polar surface area (TPSA) is 12.0 Å². The van der Waals surface area contributed by atoms with Crippen LogP contribution in [0.3, 0.4) is 0 Å². The summed E-state index contributed by atoms with van der Waals surface area (Å²) < 4.78 is 1.23. The van der Waals surface area contributed by atoms with Crippen LogP contribution in [0.15, 0.2) is 15.9 Å². The molecule has 0 unspecified atom stereocenters. The highest BCUT2D eigenvalue weighted by atomic mass is 79.9. The highest BCUT2D eigenvalue weighted by Crippen LogP contribution is 2.37. The van der Waals surface area contributed by atoms with E-state index in [9.17, 15) is 0 Å². The van der Waals surface area contributed by atoms with E-state index in [-0.39, 0.29) is 0 Å². The fraction of sp³-hybridized carbons (Fsp3) is 0.636. The van der Waals surface area contributed by atoms with Crippen LogP contribution in [-0.4, -0.2) is 13.1 Å². The monoisotopic (exact) mass is 273 g/mol. The van der Waals surface area contributed by atoms with Crippen LogP contribution in [0.25, 0.3) is 0 Å². The second kappa shape index (κ2) is 3.95. The van der Waals surface area contributed by atoms with Gasteiger partial charge in [-0.1, -0.05) is 13.8 Å². The fourth-order valence-corrected chi connectivity index (χ4v) is 3.58. The van der Waals surface area contributed by atoms with Gasteiger partial charge in [-0.15, -0.1) is 11.3 Å². The maximum atomic E-state index is 3.51. The van der Waals surface area contributed by atoms with Crippen molar-refractivity contribution in [3.05, 3.63) is 20.8 Å². The molecule has 1 aliphatic heterocycles. The van der Waals surface area contributed by atoms with Gasteiger partial charge in [-0.2, -0.15) is 0 Å². The Morgan fingerprint density at radius 3 is 2.64 bits per heavy atom. The summed E-state index contributed by atoms with van der Waals surface area (Å²) in [5.74, 6) is 0.768. The van der Waals surface area contributed by atoms with Gasteiger partial charge in [-0.05, 0) is 34.3 Å². The van der Waals surface area contributed by atoms with Crippen molar-refractivity contribution in [1.29, 1.82) is 0 Å². The first-order chi connectivity index (χ1) is 6.62. The van der Waals surface area contributed by atoms with E-state index in [0.29, 0.717) is 5.41 Å². The van der Waals surface area contributed by atoms with E-state index in [1.807, 2.05) is 11.3 Å². The van der Waals surface area contributed by atoms with Crippen LogP contribution in [0, 0.1) is 11.3 Å². The van der Waals surface area contributed by atoms with Gasteiger partial charge in [-0.25, -0.2) is 0 Å². The fourth-order valence-electron chi connectivity index (χ4n) is 1.98. The molecule has 0 aliphatic carbocycles. The van der Waals surface area contributed by atoms with Gasteiger partial charge in [0.1, 0.15) is 0 Å². The molecule has 1 aromatic rings. The van der Waals surface area contributed by atoms with E-state index in [0.717, 1.165) is 5.92 Å². The Balaban J connectivity index is 2.08. The minimum Gasteiger partial charge on any atom is -0.315 e. The number of thiophene rings is 1. The third-order valence-corrected chi connectivity index (χ3v) is 5.02. The van der Waals surface area contributed by atoms with Crippen LogP contribution in [0.2, 0.25) is 0 Å². The van der Waals surface area contributed by atoms with Gasteiger partial charge in [0.25, 0.3) is 0 Å². The first-order valence-corrected chi connectivity index (χ1v) is 6.73. The largest absolute Gasteiger partial charge is 0.315 e. The molecule has 1 aromatic heterocycles. The molecule has 0 spiro atoms. The summed E-state index contributed by atoms with van der Waals surface area (Å²) in [7, 11) is 0. The molecule has 1 fully saturated rings. The Labute approximate surface area is 98.0 Å². The Hall–Kier alpha value is 0.140. The zero-order valence-electron chi connectivity index (χ0n) is 8.64. The molecule has 1 saturated heterocycles. The maximum absolute atomic E-state index is 3.51. The van der Waals surface area contributed by atoms with E-state index < -0.39 is 0 Å². The van der Waals surface area contributed by atoms with Crippen LogP contribution in [0.5, 0.6) is 0 Å². The van der Waals surface area contributed by atoms with Crippen molar-refractivity contribution in [2.24, 2.45) is 11.3 Å². The van der Waals surface area contributed by atoms with Gasteiger partial charge in [0.2, 0.25) is 0 Å². The van der Waals surface area contributed by atoms with Gasteiger partial charge in [0.15, 0.2) is 0 Å². The summed E-state index contributed by atoms with van der Waals surface area (Å²) in [6.07, 6.45) is 1.23. The molecular formula is C11H16BrNS. The van der Waals surface area contributed by atoms with Gasteiger partial charge in [0.05, 0.1) is 0 Å². The number of hydrogen-bond donors (Lipinski definition) is 1. The van der Waals surface area contributed by atoms with E-state index in [1.165, 1.54) is 28.9 Å². The normalized spacial score (nSPS) is 19.7. The van der Waals surface area contributed by atoms with Gasteiger partial charge >= 0.3 is 0 Å². The van der Waals surface area contributed by atoms with Crippen LogP contribution < -0.4 is 5.32 Å². The van der Waals surface area contributed by atoms with Crippen LogP contribution in [0.4, 0.5) is 0 Å². The molecule has 0 saturated carbocycles. The summed E-state index contributed by atoms with van der Waals surface area (Å²) in [4.78, 5) is 1.51. The smallest absolute Gasteiger partial charge is 0.0285 e. The maximum Gasteiger partial charge on any atom is 0.0285 e. The summed E-state index contributed by atoms with van der Waals surface area (Å²) in [5.41, 5.74) is 0.518. The summed E-state index contributed by atoms with van der Waals surface area (Å²) in [6, 6.07) is 2.26. The van der Waals surface area contributed by atoms with E-state index >= 15 is 0 Å². The average molecular weight is 274 g/mol. The summed E-state index contributed by atoms with van der Waals surface area (Å²) in [5, 5.41) is 5.58. The van der Waals surface area contributed by atoms with E-state index in [1.54, 1.807) is 0 Å². The van der Waals surface area contributed by atoms with Crippen LogP contribution in [-0.2, 0) is 6.42 Å². The zero-order chi connectivity index (χ0) is 10.2. The van der Waals surface area contributed by atoms with Crippen molar-refractivity contribution in [3.8, 4) is 0 Å². The second-order valence-corrected chi connectivity index (χ2v) is 6.44. The molecule has 1 nitrogen and oxygen atoms in total. The van der Waals surface area contributed by atoms with Crippen molar-refractivity contribution in [2.45, 2.75) is 20.3 Å². The van der Waals surface area contributed by atoms with Crippen molar-refractivity contribution in [2.75, 3.05) is 13.1 Å². The highest BCUT2D eigenvalue weighted by Gasteiger charge is 2.39. The summed E-state index contributed by atoms with van der Waals surface area (Å²) in [6.45, 7) is 7.04. The van der Waals surface area contributed by atoms with Crippen molar-refractivity contribution in [3.63, 3.8) is 0 Å². The summed E-state index contributed by atoms with van der Waals surface area (Å²) >= 11 is 5.38. The number of rotatable bonds is 3. The van der Waals surface area contributed by atoms with Crippen molar-refractivity contribution >= 4 is 27.3 Å². The molecule has 78 valence electrons. The molecule has 0 radical (unpaired) electrons. The quantitative estimate of drug-likeness (QED) is 0.891. The molecule has 0 amide bonds. The number of halogens is 1. The zero-order valence-corrected chi connectivity index (χ0v) is 11.0. The minimum absolute atomic E-state index is 0.518. The molecule has 14 heavy (non-hydrogen) atoms. The van der Waals surface area contributed by atoms with E-state index in [2.05, 4.69) is 46.5 Å². The first-order valence-electron chi connectivity index (χ1n) is 5.06. The van der Waals surface area contributed by atoms with Gasteiger partial charge < -0.3 is 5.32 Å². The van der Waals surface area contributed by atoms with Gasteiger partial charge in [0, 0.05) is 33.2 Å². The first kappa shape index (κ1) is 10.7. The van der Waals surface area contributed by atoms with Crippen LogP contribution >= 0.6 is 27.3 Å². The molecule has 0 aromatic carbocycles. The SMILES string of the molecule is CC(C)C1(Cc2cc(Br)cs2)CNC1. The van der Waals surface area contributed by atoms with E-state index in [4.69, 9.17) is 0 Å². The molecule has 2 heterocycles. The van der Waals surface area contributed by atoms with Crippen molar-refractivity contribution in [1.82, 2.24) is 5.32 Å². The molecule has 0 bridgehead atoms. The molecule has 1 aliphatic rings. The predicted molar refractivity (Wildman–Crippen MR) is 65.9 cm³/mol. The molecule has 1 N–H and O–H groups in total. The Morgan fingerprint density at radius 2 is 2.29 bits per heavy atom. The molecule has 3 heteroatoms. The third-order valence-electron chi connectivity index (χ3n) is 3.33. The lowest BCUT2D eigenvalue weighted by atomic mass is 9.69. The Kier molecular flexibility index (Phi) is 3.01. The average Bonchev–Trinajstić information content (AvgIpc) is 2.43. The van der Waals surface area contributed by atoms with Crippen LogP contribution in [0.1, 0.15) is 18.7 Å². The number of hydrogen-bond acceptors (Lipinski definition) is 2. The predicted octanol–water partition coefficient (Wildman–Crippen LogP) is 3.30. The lowest BCUT2D eigenvalue weighted by Gasteiger charge is -2.46. The lowest BCUT2D eigenvalue weighted by Crippen LogP contribution is -2.57. The molecule has 2 rings (SSSR count). The number of nitrogens with one attached hydrogen (secondary N) is 1. The van der Waals surface area contributed by atoms with Gasteiger partial charge in [-0.3, -0.25) is 0 Å². The molecular weight excluding hydrogens is 258 g/mol. The third kappa shape index (κ3) is 1.90. The van der Waals surface area contributed by atoms with Crippen molar-refractivity contribution < 1.29 is 0 Å². The lowest BCUT2D eigenvalue weighted by molar-refractivity contribution is 0.101. The Morgan fingerprint density at radius 1 is 1.57 bits per heavy atom. The highest BCUT2D eigenvalue weighted by molar-refractivity contribution is 9.10. The second-order valence-electron chi connectivity index (χ2n) is 4.53. The standard InChI is InChI=1S/C11H16BrNS/c1-8(2)11(6-13-7-11)4-10-3-9(12)5-14-10/h3,5,8,13H,4,6-7H2,1-2H3. The minimum atomic E-state index is 0.518. The Bertz CT molecular complexity index is 315.